The molecule has 100 valence electrons. The Hall–Kier alpha value is -2.26. The fraction of sp³-hybridized carbons (Fsp3) is 0.0625. The van der Waals surface area contributed by atoms with Gasteiger partial charge in [-0.25, -0.2) is 0 Å². The lowest BCUT2D eigenvalue weighted by Gasteiger charge is -2.03. The van der Waals surface area contributed by atoms with E-state index in [1.54, 1.807) is 13.4 Å². The van der Waals surface area contributed by atoms with E-state index in [-0.39, 0.29) is 0 Å². The summed E-state index contributed by atoms with van der Waals surface area (Å²) in [4.78, 5) is 0. The number of rotatable bonds is 3. The second kappa shape index (κ2) is 5.39. The minimum atomic E-state index is 0.705. The SMILES string of the molecule is COc1ccc(-c2nocc2-c2ccc(Cl)cc2)cc1. The van der Waals surface area contributed by atoms with E-state index in [1.807, 2.05) is 48.5 Å². The molecule has 4 heteroatoms. The van der Waals surface area contributed by atoms with Gasteiger partial charge >= 0.3 is 0 Å². The van der Waals surface area contributed by atoms with Crippen molar-refractivity contribution in [2.45, 2.75) is 0 Å². The molecule has 0 atom stereocenters. The van der Waals surface area contributed by atoms with Gasteiger partial charge in [0.05, 0.1) is 7.11 Å². The van der Waals surface area contributed by atoms with Crippen LogP contribution in [0.5, 0.6) is 5.75 Å². The highest BCUT2D eigenvalue weighted by Crippen LogP contribution is 2.32. The van der Waals surface area contributed by atoms with Crippen LogP contribution >= 0.6 is 11.6 Å². The molecule has 0 spiro atoms. The molecule has 0 amide bonds. The summed E-state index contributed by atoms with van der Waals surface area (Å²) in [6.07, 6.45) is 1.64. The molecule has 1 aromatic heterocycles. The summed E-state index contributed by atoms with van der Waals surface area (Å²) >= 11 is 5.91. The Morgan fingerprint density at radius 3 is 2.25 bits per heavy atom. The monoisotopic (exact) mass is 285 g/mol. The van der Waals surface area contributed by atoms with Crippen molar-refractivity contribution in [3.8, 4) is 28.1 Å². The van der Waals surface area contributed by atoms with E-state index in [2.05, 4.69) is 5.16 Å². The van der Waals surface area contributed by atoms with E-state index in [9.17, 15) is 0 Å². The first-order chi connectivity index (χ1) is 9.78. The topological polar surface area (TPSA) is 35.3 Å². The van der Waals surface area contributed by atoms with E-state index >= 15 is 0 Å². The second-order valence-corrected chi connectivity index (χ2v) is 4.75. The molecule has 0 fully saturated rings. The summed E-state index contributed by atoms with van der Waals surface area (Å²) in [6.45, 7) is 0. The third-order valence-electron chi connectivity index (χ3n) is 3.09. The van der Waals surface area contributed by atoms with Gasteiger partial charge in [0, 0.05) is 16.1 Å². The van der Waals surface area contributed by atoms with Gasteiger partial charge in [0.15, 0.2) is 0 Å². The Labute approximate surface area is 121 Å². The van der Waals surface area contributed by atoms with Crippen LogP contribution in [0.1, 0.15) is 0 Å². The third-order valence-corrected chi connectivity index (χ3v) is 3.34. The Kier molecular flexibility index (Phi) is 3.44. The summed E-state index contributed by atoms with van der Waals surface area (Å²) in [7, 11) is 1.64. The first kappa shape index (κ1) is 12.8. The van der Waals surface area contributed by atoms with Gasteiger partial charge < -0.3 is 9.26 Å². The van der Waals surface area contributed by atoms with Gasteiger partial charge in [-0.05, 0) is 42.0 Å². The maximum Gasteiger partial charge on any atom is 0.132 e. The van der Waals surface area contributed by atoms with E-state index < -0.39 is 0 Å². The Morgan fingerprint density at radius 1 is 0.950 bits per heavy atom. The van der Waals surface area contributed by atoms with Gasteiger partial charge in [-0.3, -0.25) is 0 Å². The Balaban J connectivity index is 2.02. The molecule has 0 saturated carbocycles. The number of hydrogen-bond acceptors (Lipinski definition) is 3. The number of aromatic nitrogens is 1. The van der Waals surface area contributed by atoms with E-state index in [0.717, 1.165) is 28.1 Å². The maximum absolute atomic E-state index is 5.91. The van der Waals surface area contributed by atoms with E-state index in [4.69, 9.17) is 20.9 Å². The summed E-state index contributed by atoms with van der Waals surface area (Å²) < 4.78 is 10.3. The summed E-state index contributed by atoms with van der Waals surface area (Å²) in [5, 5.41) is 4.80. The number of nitrogens with zero attached hydrogens (tertiary/aromatic N) is 1. The van der Waals surface area contributed by atoms with Crippen molar-refractivity contribution >= 4 is 11.6 Å². The molecule has 0 N–H and O–H groups in total. The van der Waals surface area contributed by atoms with Crippen molar-refractivity contribution in [3.05, 3.63) is 59.8 Å². The normalized spacial score (nSPS) is 10.5. The fourth-order valence-electron chi connectivity index (χ4n) is 2.03. The van der Waals surface area contributed by atoms with Crippen LogP contribution in [0.2, 0.25) is 5.02 Å². The average Bonchev–Trinajstić information content (AvgIpc) is 2.97. The van der Waals surface area contributed by atoms with Crippen LogP contribution in [0.4, 0.5) is 0 Å². The van der Waals surface area contributed by atoms with Gasteiger partial charge in [0.2, 0.25) is 0 Å². The molecule has 0 radical (unpaired) electrons. The molecular formula is C16H12ClNO2. The molecule has 3 aromatic rings. The highest BCUT2D eigenvalue weighted by atomic mass is 35.5. The predicted octanol–water partition coefficient (Wildman–Crippen LogP) is 4.67. The lowest BCUT2D eigenvalue weighted by Crippen LogP contribution is -1.85. The molecule has 0 aliphatic rings. The minimum Gasteiger partial charge on any atom is -0.497 e. The van der Waals surface area contributed by atoms with Gasteiger partial charge in [-0.15, -0.1) is 0 Å². The van der Waals surface area contributed by atoms with Crippen molar-refractivity contribution in [2.24, 2.45) is 0 Å². The van der Waals surface area contributed by atoms with Gasteiger partial charge in [0.25, 0.3) is 0 Å². The molecule has 0 saturated heterocycles. The fourth-order valence-corrected chi connectivity index (χ4v) is 2.15. The van der Waals surface area contributed by atoms with Crippen LogP contribution < -0.4 is 4.74 Å². The quantitative estimate of drug-likeness (QED) is 0.701. The standard InChI is InChI=1S/C16H12ClNO2/c1-19-14-8-4-12(5-9-14)16-15(10-20-18-16)11-2-6-13(17)7-3-11/h2-10H,1H3. The first-order valence-corrected chi connectivity index (χ1v) is 6.50. The number of hydrogen-bond donors (Lipinski definition) is 0. The van der Waals surface area contributed by atoms with Gasteiger partial charge in [-0.1, -0.05) is 28.9 Å². The van der Waals surface area contributed by atoms with Gasteiger partial charge in [0.1, 0.15) is 17.7 Å². The van der Waals surface area contributed by atoms with Crippen LogP contribution in [0.25, 0.3) is 22.4 Å². The molecule has 20 heavy (non-hydrogen) atoms. The minimum absolute atomic E-state index is 0.705. The summed E-state index contributed by atoms with van der Waals surface area (Å²) in [6, 6.07) is 15.3. The van der Waals surface area contributed by atoms with Crippen molar-refractivity contribution < 1.29 is 9.26 Å². The zero-order chi connectivity index (χ0) is 13.9. The maximum atomic E-state index is 5.91. The highest BCUT2D eigenvalue weighted by Gasteiger charge is 2.12. The van der Waals surface area contributed by atoms with E-state index in [1.165, 1.54) is 0 Å². The van der Waals surface area contributed by atoms with Crippen molar-refractivity contribution in [1.82, 2.24) is 5.16 Å². The van der Waals surface area contributed by atoms with Crippen LogP contribution in [0, 0.1) is 0 Å². The third kappa shape index (κ3) is 2.40. The van der Waals surface area contributed by atoms with Crippen LogP contribution in [0.3, 0.4) is 0 Å². The van der Waals surface area contributed by atoms with Crippen molar-refractivity contribution in [2.75, 3.05) is 7.11 Å². The number of methoxy groups -OCH3 is 1. The number of ether oxygens (including phenoxy) is 1. The molecule has 3 nitrogen and oxygen atoms in total. The van der Waals surface area contributed by atoms with Crippen molar-refractivity contribution in [1.29, 1.82) is 0 Å². The number of benzene rings is 2. The summed E-state index contributed by atoms with van der Waals surface area (Å²) in [5.41, 5.74) is 3.73. The first-order valence-electron chi connectivity index (χ1n) is 6.12. The smallest absolute Gasteiger partial charge is 0.132 e. The Bertz CT molecular complexity index is 702. The molecule has 1 heterocycles. The van der Waals surface area contributed by atoms with Gasteiger partial charge in [-0.2, -0.15) is 0 Å². The molecule has 2 aromatic carbocycles. The predicted molar refractivity (Wildman–Crippen MR) is 78.9 cm³/mol. The largest absolute Gasteiger partial charge is 0.497 e. The zero-order valence-electron chi connectivity index (χ0n) is 10.8. The van der Waals surface area contributed by atoms with Crippen molar-refractivity contribution in [3.63, 3.8) is 0 Å². The van der Waals surface area contributed by atoms with Crippen LogP contribution in [0.15, 0.2) is 59.3 Å². The highest BCUT2D eigenvalue weighted by molar-refractivity contribution is 6.30. The molecule has 0 unspecified atom stereocenters. The van der Waals surface area contributed by atoms with E-state index in [0.29, 0.717) is 5.02 Å². The van der Waals surface area contributed by atoms with Crippen LogP contribution in [-0.4, -0.2) is 12.3 Å². The second-order valence-electron chi connectivity index (χ2n) is 4.31. The molecule has 3 rings (SSSR count). The van der Waals surface area contributed by atoms with Crippen LogP contribution in [-0.2, 0) is 0 Å². The lowest BCUT2D eigenvalue weighted by molar-refractivity contribution is 0.414. The summed E-state index contributed by atoms with van der Waals surface area (Å²) in [5.74, 6) is 0.810. The number of halogens is 1. The molecule has 0 aliphatic heterocycles. The molecular weight excluding hydrogens is 274 g/mol. The Morgan fingerprint density at radius 2 is 1.60 bits per heavy atom. The average molecular weight is 286 g/mol. The molecule has 0 bridgehead atoms. The molecule has 0 aliphatic carbocycles. The zero-order valence-corrected chi connectivity index (χ0v) is 11.6. The lowest BCUT2D eigenvalue weighted by atomic mass is 10.0.